The molecule has 0 aliphatic rings. The molecule has 0 fully saturated rings. The SMILES string of the molecule is O=C(O)/C=C/c1cccc2oc(C(F)F)nc12. The summed E-state index contributed by atoms with van der Waals surface area (Å²) in [4.78, 5) is 14.0. The zero-order valence-corrected chi connectivity index (χ0v) is 8.43. The summed E-state index contributed by atoms with van der Waals surface area (Å²) in [5.74, 6) is -1.80. The van der Waals surface area contributed by atoms with E-state index in [1.165, 1.54) is 12.1 Å². The minimum absolute atomic E-state index is 0.202. The molecule has 0 spiro atoms. The van der Waals surface area contributed by atoms with Crippen molar-refractivity contribution in [3.8, 4) is 0 Å². The van der Waals surface area contributed by atoms with Crippen molar-refractivity contribution in [3.05, 3.63) is 35.7 Å². The normalized spacial score (nSPS) is 11.7. The maximum absolute atomic E-state index is 12.4. The fourth-order valence-corrected chi connectivity index (χ4v) is 1.38. The molecule has 0 radical (unpaired) electrons. The number of aromatic nitrogens is 1. The highest BCUT2D eigenvalue weighted by Crippen LogP contribution is 2.26. The number of para-hydroxylation sites is 1. The van der Waals surface area contributed by atoms with Crippen molar-refractivity contribution in [1.29, 1.82) is 0 Å². The third-order valence-electron chi connectivity index (χ3n) is 2.06. The number of rotatable bonds is 3. The van der Waals surface area contributed by atoms with Crippen molar-refractivity contribution in [2.45, 2.75) is 6.43 Å². The van der Waals surface area contributed by atoms with E-state index in [1.807, 2.05) is 0 Å². The van der Waals surface area contributed by atoms with Crippen molar-refractivity contribution in [2.75, 3.05) is 0 Å². The molecule has 0 atom stereocenters. The summed E-state index contributed by atoms with van der Waals surface area (Å²) in [6.45, 7) is 0. The van der Waals surface area contributed by atoms with Gasteiger partial charge in [0.1, 0.15) is 5.52 Å². The van der Waals surface area contributed by atoms with Crippen molar-refractivity contribution >= 4 is 23.1 Å². The highest BCUT2D eigenvalue weighted by Gasteiger charge is 2.16. The first-order valence-electron chi connectivity index (χ1n) is 4.66. The van der Waals surface area contributed by atoms with E-state index in [4.69, 9.17) is 9.52 Å². The van der Waals surface area contributed by atoms with Crippen LogP contribution in [0.2, 0.25) is 0 Å². The van der Waals surface area contributed by atoms with Gasteiger partial charge in [-0.15, -0.1) is 0 Å². The van der Waals surface area contributed by atoms with Gasteiger partial charge in [-0.25, -0.2) is 9.78 Å². The third-order valence-corrected chi connectivity index (χ3v) is 2.06. The lowest BCUT2D eigenvalue weighted by Gasteiger charge is -1.92. The third kappa shape index (κ3) is 2.30. The Balaban J connectivity index is 2.53. The second-order valence-corrected chi connectivity index (χ2v) is 3.22. The summed E-state index contributed by atoms with van der Waals surface area (Å²) >= 11 is 0. The number of alkyl halides is 2. The number of carboxylic acid groups (broad SMARTS) is 1. The number of halogens is 2. The summed E-state index contributed by atoms with van der Waals surface area (Å²) in [6, 6.07) is 4.64. The average molecular weight is 239 g/mol. The Bertz CT molecular complexity index is 589. The molecular weight excluding hydrogens is 232 g/mol. The summed E-state index contributed by atoms with van der Waals surface area (Å²) in [5, 5.41) is 8.49. The number of benzene rings is 1. The summed E-state index contributed by atoms with van der Waals surface area (Å²) in [6.07, 6.45) is -0.604. The van der Waals surface area contributed by atoms with Crippen molar-refractivity contribution in [3.63, 3.8) is 0 Å². The fraction of sp³-hybridized carbons (Fsp3) is 0.0909. The van der Waals surface area contributed by atoms with Gasteiger partial charge < -0.3 is 9.52 Å². The van der Waals surface area contributed by atoms with Gasteiger partial charge in [0, 0.05) is 11.6 Å². The van der Waals surface area contributed by atoms with Gasteiger partial charge >= 0.3 is 12.4 Å². The Kier molecular flexibility index (Phi) is 2.86. The molecule has 6 heteroatoms. The molecule has 1 heterocycles. The smallest absolute Gasteiger partial charge is 0.328 e. The fourth-order valence-electron chi connectivity index (χ4n) is 1.38. The highest BCUT2D eigenvalue weighted by molar-refractivity contribution is 5.90. The first-order chi connectivity index (χ1) is 8.08. The molecule has 0 unspecified atom stereocenters. The Morgan fingerprint density at radius 3 is 2.88 bits per heavy atom. The van der Waals surface area contributed by atoms with E-state index in [1.54, 1.807) is 12.1 Å². The van der Waals surface area contributed by atoms with Crippen LogP contribution in [0.1, 0.15) is 17.9 Å². The quantitative estimate of drug-likeness (QED) is 0.836. The van der Waals surface area contributed by atoms with E-state index in [9.17, 15) is 13.6 Å². The largest absolute Gasteiger partial charge is 0.478 e. The first-order valence-corrected chi connectivity index (χ1v) is 4.66. The molecule has 88 valence electrons. The maximum Gasteiger partial charge on any atom is 0.328 e. The number of aliphatic carboxylic acids is 1. The van der Waals surface area contributed by atoms with E-state index in [0.717, 1.165) is 6.08 Å². The molecular formula is C11H7F2NO3. The van der Waals surface area contributed by atoms with Crippen LogP contribution >= 0.6 is 0 Å². The molecule has 0 saturated heterocycles. The monoisotopic (exact) mass is 239 g/mol. The molecule has 1 N–H and O–H groups in total. The number of hydrogen-bond donors (Lipinski definition) is 1. The van der Waals surface area contributed by atoms with Crippen LogP contribution in [0.15, 0.2) is 28.7 Å². The average Bonchev–Trinajstić information content (AvgIpc) is 2.70. The molecule has 0 aliphatic heterocycles. The van der Waals surface area contributed by atoms with E-state index >= 15 is 0 Å². The molecule has 1 aromatic heterocycles. The Morgan fingerprint density at radius 1 is 1.47 bits per heavy atom. The molecule has 2 rings (SSSR count). The lowest BCUT2D eigenvalue weighted by atomic mass is 10.2. The van der Waals surface area contributed by atoms with Gasteiger partial charge in [-0.1, -0.05) is 12.1 Å². The number of nitrogens with zero attached hydrogens (tertiary/aromatic N) is 1. The van der Waals surface area contributed by atoms with Crippen molar-refractivity contribution < 1.29 is 23.1 Å². The van der Waals surface area contributed by atoms with E-state index < -0.39 is 18.3 Å². The van der Waals surface area contributed by atoms with Crippen LogP contribution in [0.4, 0.5) is 8.78 Å². The summed E-state index contributed by atoms with van der Waals surface area (Å²) in [7, 11) is 0. The second-order valence-electron chi connectivity index (χ2n) is 3.22. The van der Waals surface area contributed by atoms with Crippen LogP contribution in [-0.4, -0.2) is 16.1 Å². The molecule has 0 aliphatic carbocycles. The Hall–Kier alpha value is -2.24. The highest BCUT2D eigenvalue weighted by atomic mass is 19.3. The summed E-state index contributed by atoms with van der Waals surface area (Å²) in [5.41, 5.74) is 0.841. The van der Waals surface area contributed by atoms with E-state index in [-0.39, 0.29) is 11.1 Å². The molecule has 0 amide bonds. The maximum atomic E-state index is 12.4. The first kappa shape index (κ1) is 11.3. The van der Waals surface area contributed by atoms with Gasteiger partial charge in [-0.3, -0.25) is 0 Å². The van der Waals surface area contributed by atoms with Crippen LogP contribution in [-0.2, 0) is 4.79 Å². The molecule has 1 aromatic carbocycles. The van der Waals surface area contributed by atoms with Crippen molar-refractivity contribution in [1.82, 2.24) is 4.98 Å². The standard InChI is InChI=1S/C11H7F2NO3/c12-10(13)11-14-9-6(4-5-8(15)16)2-1-3-7(9)17-11/h1-5,10H,(H,15,16)/b5-4+. The molecule has 4 nitrogen and oxygen atoms in total. The van der Waals surface area contributed by atoms with Crippen LogP contribution in [0, 0.1) is 0 Å². The zero-order chi connectivity index (χ0) is 12.4. The lowest BCUT2D eigenvalue weighted by molar-refractivity contribution is -0.131. The van der Waals surface area contributed by atoms with Gasteiger partial charge in [-0.2, -0.15) is 8.78 Å². The number of carbonyl (C=O) groups is 1. The molecule has 17 heavy (non-hydrogen) atoms. The number of carboxylic acids is 1. The van der Waals surface area contributed by atoms with Crippen LogP contribution in [0.3, 0.4) is 0 Å². The van der Waals surface area contributed by atoms with Gasteiger partial charge in [0.05, 0.1) is 0 Å². The van der Waals surface area contributed by atoms with Crippen LogP contribution in [0.5, 0.6) is 0 Å². The van der Waals surface area contributed by atoms with Gasteiger partial charge in [0.25, 0.3) is 5.89 Å². The summed E-state index contributed by atoms with van der Waals surface area (Å²) < 4.78 is 29.6. The van der Waals surface area contributed by atoms with E-state index in [0.29, 0.717) is 5.56 Å². The van der Waals surface area contributed by atoms with Crippen LogP contribution in [0.25, 0.3) is 17.2 Å². The minimum Gasteiger partial charge on any atom is -0.478 e. The number of fused-ring (bicyclic) bond motifs is 1. The Morgan fingerprint density at radius 2 is 2.24 bits per heavy atom. The number of oxazole rings is 1. The predicted molar refractivity (Wildman–Crippen MR) is 55.6 cm³/mol. The zero-order valence-electron chi connectivity index (χ0n) is 8.43. The Labute approximate surface area is 94.2 Å². The van der Waals surface area contributed by atoms with Gasteiger partial charge in [-0.05, 0) is 12.1 Å². The topological polar surface area (TPSA) is 63.3 Å². The second kappa shape index (κ2) is 4.32. The van der Waals surface area contributed by atoms with Gasteiger partial charge in [0.15, 0.2) is 5.58 Å². The van der Waals surface area contributed by atoms with E-state index in [2.05, 4.69) is 4.98 Å². The minimum atomic E-state index is -2.79. The number of hydrogen-bond acceptors (Lipinski definition) is 3. The van der Waals surface area contributed by atoms with Crippen LogP contribution < -0.4 is 0 Å². The van der Waals surface area contributed by atoms with Gasteiger partial charge in [0.2, 0.25) is 0 Å². The predicted octanol–water partition coefficient (Wildman–Crippen LogP) is 2.86. The molecule has 0 bridgehead atoms. The molecule has 0 saturated carbocycles. The van der Waals surface area contributed by atoms with Crippen molar-refractivity contribution in [2.24, 2.45) is 0 Å². The molecule has 2 aromatic rings. The lowest BCUT2D eigenvalue weighted by Crippen LogP contribution is -1.86.